The van der Waals surface area contributed by atoms with E-state index in [0.29, 0.717) is 24.2 Å². The van der Waals surface area contributed by atoms with Gasteiger partial charge >= 0.3 is 17.9 Å². The number of rotatable bonds is 13. The first kappa shape index (κ1) is 26.1. The average Bonchev–Trinajstić information content (AvgIpc) is 3.23. The Labute approximate surface area is 195 Å². The molecule has 0 spiro atoms. The zero-order valence-corrected chi connectivity index (χ0v) is 18.6. The second-order valence-electron chi connectivity index (χ2n) is 7.83. The standard InChI is InChI=1S/C23H27N3O8/c1-13(2-10-19(27)26-17(22(30)31)8-11-20(28)29)12-16-7-9-18(33-16)23(32)34-15-5-3-14(4-6-15)21(24)25/h3-7,9,13,17H,2,8,10-12H2,1H3,(H3,24,25)(H,26,27)(H,28,29)(H,30,31)/t13?,17-/m0/s1. The van der Waals surface area contributed by atoms with Crippen LogP contribution >= 0.6 is 0 Å². The van der Waals surface area contributed by atoms with E-state index >= 15 is 0 Å². The van der Waals surface area contributed by atoms with Gasteiger partial charge in [-0.15, -0.1) is 0 Å². The Balaban J connectivity index is 1.81. The summed E-state index contributed by atoms with van der Waals surface area (Å²) in [7, 11) is 0. The molecule has 0 aliphatic carbocycles. The summed E-state index contributed by atoms with van der Waals surface area (Å²) in [5, 5.41) is 27.5. The second kappa shape index (κ2) is 12.2. The van der Waals surface area contributed by atoms with Crippen molar-refractivity contribution in [1.29, 1.82) is 5.41 Å². The highest BCUT2D eigenvalue weighted by molar-refractivity contribution is 5.95. The number of carboxylic acid groups (broad SMARTS) is 2. The van der Waals surface area contributed by atoms with Gasteiger partial charge in [0.25, 0.3) is 0 Å². The van der Waals surface area contributed by atoms with Gasteiger partial charge in [0.1, 0.15) is 23.4 Å². The molecule has 2 rings (SSSR count). The first-order valence-electron chi connectivity index (χ1n) is 10.5. The van der Waals surface area contributed by atoms with Crippen molar-refractivity contribution >= 4 is 29.7 Å². The Bertz CT molecular complexity index is 1040. The van der Waals surface area contributed by atoms with Gasteiger partial charge in [-0.3, -0.25) is 15.0 Å². The molecule has 0 aliphatic heterocycles. The summed E-state index contributed by atoms with van der Waals surface area (Å²) < 4.78 is 10.8. The molecule has 0 radical (unpaired) electrons. The summed E-state index contributed by atoms with van der Waals surface area (Å²) in [6.07, 6.45) is 0.373. The van der Waals surface area contributed by atoms with Gasteiger partial charge in [-0.05, 0) is 55.2 Å². The van der Waals surface area contributed by atoms with Crippen LogP contribution in [-0.2, 0) is 20.8 Å². The first-order valence-corrected chi connectivity index (χ1v) is 10.5. The van der Waals surface area contributed by atoms with Crippen molar-refractivity contribution in [3.63, 3.8) is 0 Å². The van der Waals surface area contributed by atoms with Crippen LogP contribution in [-0.4, -0.2) is 45.9 Å². The number of nitrogen functional groups attached to an aromatic ring is 1. The maximum Gasteiger partial charge on any atom is 0.379 e. The third kappa shape index (κ3) is 8.41. The maximum atomic E-state index is 12.3. The normalized spacial score (nSPS) is 12.4. The molecule has 2 aromatic rings. The van der Waals surface area contributed by atoms with Crippen LogP contribution in [0, 0.1) is 11.3 Å². The molecule has 1 aromatic carbocycles. The monoisotopic (exact) mass is 473 g/mol. The molecule has 182 valence electrons. The lowest BCUT2D eigenvalue weighted by atomic mass is 10.00. The highest BCUT2D eigenvalue weighted by Gasteiger charge is 2.21. The lowest BCUT2D eigenvalue weighted by Crippen LogP contribution is -2.41. The van der Waals surface area contributed by atoms with Crippen molar-refractivity contribution in [2.75, 3.05) is 0 Å². The summed E-state index contributed by atoms with van der Waals surface area (Å²) >= 11 is 0. The van der Waals surface area contributed by atoms with E-state index in [1.54, 1.807) is 18.2 Å². The Morgan fingerprint density at radius 2 is 1.74 bits per heavy atom. The molecular weight excluding hydrogens is 446 g/mol. The fourth-order valence-corrected chi connectivity index (χ4v) is 3.07. The zero-order chi connectivity index (χ0) is 25.3. The molecule has 11 nitrogen and oxygen atoms in total. The Hall–Kier alpha value is -4.15. The molecule has 6 N–H and O–H groups in total. The third-order valence-electron chi connectivity index (χ3n) is 4.93. The van der Waals surface area contributed by atoms with E-state index in [0.717, 1.165) is 0 Å². The minimum atomic E-state index is -1.28. The highest BCUT2D eigenvalue weighted by atomic mass is 16.5. The van der Waals surface area contributed by atoms with E-state index in [1.165, 1.54) is 18.2 Å². The highest BCUT2D eigenvalue weighted by Crippen LogP contribution is 2.19. The minimum absolute atomic E-state index is 0.0119. The van der Waals surface area contributed by atoms with Crippen molar-refractivity contribution in [3.05, 3.63) is 53.5 Å². The van der Waals surface area contributed by atoms with Gasteiger partial charge in [-0.2, -0.15) is 0 Å². The molecule has 34 heavy (non-hydrogen) atoms. The molecule has 1 amide bonds. The van der Waals surface area contributed by atoms with Crippen LogP contribution in [0.1, 0.15) is 54.5 Å². The lowest BCUT2D eigenvalue weighted by Gasteiger charge is -2.14. The average molecular weight is 473 g/mol. The molecule has 0 bridgehead atoms. The van der Waals surface area contributed by atoms with Gasteiger partial charge in [0.15, 0.2) is 0 Å². The number of hydrogen-bond donors (Lipinski definition) is 5. The molecule has 1 aromatic heterocycles. The predicted molar refractivity (Wildman–Crippen MR) is 120 cm³/mol. The van der Waals surface area contributed by atoms with E-state index in [-0.39, 0.29) is 42.5 Å². The molecule has 1 heterocycles. The van der Waals surface area contributed by atoms with Crippen molar-refractivity contribution in [2.24, 2.45) is 11.7 Å². The number of amides is 1. The summed E-state index contributed by atoms with van der Waals surface area (Å²) in [6, 6.07) is 8.02. The molecule has 0 saturated carbocycles. The molecular formula is C23H27N3O8. The van der Waals surface area contributed by atoms with Crippen molar-refractivity contribution in [1.82, 2.24) is 5.32 Å². The van der Waals surface area contributed by atoms with Crippen molar-refractivity contribution in [2.45, 2.75) is 45.1 Å². The lowest BCUT2D eigenvalue weighted by molar-refractivity contribution is -0.143. The van der Waals surface area contributed by atoms with E-state index in [9.17, 15) is 19.2 Å². The van der Waals surface area contributed by atoms with Gasteiger partial charge < -0.3 is 30.4 Å². The predicted octanol–water partition coefficient (Wildman–Crippen LogP) is 2.18. The molecule has 0 saturated heterocycles. The van der Waals surface area contributed by atoms with E-state index in [4.69, 9.17) is 30.5 Å². The number of carbonyl (C=O) groups is 4. The summed E-state index contributed by atoms with van der Waals surface area (Å²) in [6.45, 7) is 1.88. The molecule has 0 fully saturated rings. The SMILES string of the molecule is CC(CCC(=O)N[C@@H](CCC(=O)O)C(=O)O)Cc1ccc(C(=O)Oc2ccc(C(=N)N)cc2)o1. The number of nitrogens with one attached hydrogen (secondary N) is 2. The van der Waals surface area contributed by atoms with Crippen LogP contribution < -0.4 is 15.8 Å². The van der Waals surface area contributed by atoms with Crippen molar-refractivity contribution in [3.8, 4) is 5.75 Å². The number of carboxylic acids is 2. The Morgan fingerprint density at radius 3 is 2.32 bits per heavy atom. The molecule has 2 atom stereocenters. The fourth-order valence-electron chi connectivity index (χ4n) is 3.07. The third-order valence-corrected chi connectivity index (χ3v) is 4.93. The van der Waals surface area contributed by atoms with Crippen molar-refractivity contribution < 1.29 is 38.5 Å². The van der Waals surface area contributed by atoms with Crippen LogP contribution in [0.4, 0.5) is 0 Å². The van der Waals surface area contributed by atoms with Gasteiger partial charge in [0.05, 0.1) is 0 Å². The number of benzene rings is 1. The van der Waals surface area contributed by atoms with Crippen LogP contribution in [0.15, 0.2) is 40.8 Å². The smallest absolute Gasteiger partial charge is 0.379 e. The first-order chi connectivity index (χ1) is 16.0. The fraction of sp³-hybridized carbons (Fsp3) is 0.348. The Kier molecular flexibility index (Phi) is 9.36. The van der Waals surface area contributed by atoms with Gasteiger partial charge in [-0.1, -0.05) is 6.92 Å². The number of furan rings is 1. The number of nitrogens with two attached hydrogens (primary N) is 1. The maximum absolute atomic E-state index is 12.3. The van der Waals surface area contributed by atoms with E-state index in [2.05, 4.69) is 5.32 Å². The number of amidine groups is 1. The van der Waals surface area contributed by atoms with E-state index in [1.807, 2.05) is 6.92 Å². The topological polar surface area (TPSA) is 193 Å². The molecule has 11 heteroatoms. The molecule has 0 aliphatic rings. The summed E-state index contributed by atoms with van der Waals surface area (Å²) in [5.41, 5.74) is 5.89. The van der Waals surface area contributed by atoms with E-state index < -0.39 is 29.9 Å². The summed E-state index contributed by atoms with van der Waals surface area (Å²) in [4.78, 5) is 46.1. The number of ether oxygens (including phenoxy) is 1. The number of hydrogen-bond acceptors (Lipinski definition) is 7. The van der Waals surface area contributed by atoms with Crippen LogP contribution in [0.25, 0.3) is 0 Å². The van der Waals surface area contributed by atoms with Crippen LogP contribution in [0.3, 0.4) is 0 Å². The Morgan fingerprint density at radius 1 is 1.06 bits per heavy atom. The number of esters is 1. The molecule has 1 unspecified atom stereocenters. The second-order valence-corrected chi connectivity index (χ2v) is 7.83. The van der Waals surface area contributed by atoms with Gasteiger partial charge in [0.2, 0.25) is 11.7 Å². The van der Waals surface area contributed by atoms with Crippen LogP contribution in [0.5, 0.6) is 5.75 Å². The summed E-state index contributed by atoms with van der Waals surface area (Å²) in [5.74, 6) is -2.89. The quantitative estimate of drug-likeness (QED) is 0.125. The minimum Gasteiger partial charge on any atom is -0.481 e. The van der Waals surface area contributed by atoms with Gasteiger partial charge in [-0.25, -0.2) is 9.59 Å². The number of aliphatic carboxylic acids is 2. The largest absolute Gasteiger partial charge is 0.481 e. The van der Waals surface area contributed by atoms with Gasteiger partial charge in [0, 0.05) is 24.8 Å². The number of carbonyl (C=O) groups excluding carboxylic acids is 2. The zero-order valence-electron chi connectivity index (χ0n) is 18.6. The van der Waals surface area contributed by atoms with Crippen LogP contribution in [0.2, 0.25) is 0 Å².